The Bertz CT molecular complexity index is 696. The number of carbonyl (C=O) groups is 1. The van der Waals surface area contributed by atoms with Gasteiger partial charge >= 0.3 is 0 Å². The molecule has 1 saturated heterocycles. The van der Waals surface area contributed by atoms with Gasteiger partial charge in [0.15, 0.2) is 0 Å². The van der Waals surface area contributed by atoms with E-state index in [0.717, 1.165) is 25.1 Å². The van der Waals surface area contributed by atoms with Gasteiger partial charge in [0.1, 0.15) is 0 Å². The minimum absolute atomic E-state index is 0.261. The standard InChI is InChI=1S/C23H29NOS/c1-18(2)26-22-13-11-19(12-14-22)16-23(25)24-15-7-6-10-21(17-24)20-8-4-3-5-9-20/h3-5,8-9,11-14,18,21H,6-7,10,15-17H2,1-2H3. The molecule has 2 nitrogen and oxygen atoms in total. The van der Waals surface area contributed by atoms with Crippen molar-refractivity contribution in [1.82, 2.24) is 4.90 Å². The van der Waals surface area contributed by atoms with Crippen LogP contribution >= 0.6 is 11.8 Å². The number of benzene rings is 2. The second kappa shape index (κ2) is 9.27. The second-order valence-corrected chi connectivity index (χ2v) is 9.08. The van der Waals surface area contributed by atoms with Crippen LogP contribution in [0.5, 0.6) is 0 Å². The van der Waals surface area contributed by atoms with E-state index in [1.807, 2.05) is 11.8 Å². The first-order valence-corrected chi connectivity index (χ1v) is 10.6. The first-order valence-electron chi connectivity index (χ1n) is 9.70. The van der Waals surface area contributed by atoms with Gasteiger partial charge in [-0.2, -0.15) is 0 Å². The molecule has 2 aromatic rings. The number of hydrogen-bond acceptors (Lipinski definition) is 2. The van der Waals surface area contributed by atoms with Gasteiger partial charge in [0, 0.05) is 29.2 Å². The lowest BCUT2D eigenvalue weighted by molar-refractivity contribution is -0.130. The molecule has 0 spiro atoms. The van der Waals surface area contributed by atoms with Gasteiger partial charge in [-0.3, -0.25) is 4.79 Å². The molecule has 2 aromatic carbocycles. The normalized spacial score (nSPS) is 18.0. The van der Waals surface area contributed by atoms with Crippen LogP contribution in [-0.4, -0.2) is 29.1 Å². The summed E-state index contributed by atoms with van der Waals surface area (Å²) in [7, 11) is 0. The van der Waals surface area contributed by atoms with Crippen molar-refractivity contribution in [3.8, 4) is 0 Å². The Kier molecular flexibility index (Phi) is 6.79. The number of thioether (sulfide) groups is 1. The Morgan fingerprint density at radius 1 is 1.08 bits per heavy atom. The highest BCUT2D eigenvalue weighted by molar-refractivity contribution is 7.99. The van der Waals surface area contributed by atoms with Crippen LogP contribution in [0.1, 0.15) is 50.2 Å². The zero-order valence-electron chi connectivity index (χ0n) is 15.9. The monoisotopic (exact) mass is 367 g/mol. The number of nitrogens with zero attached hydrogens (tertiary/aromatic N) is 1. The largest absolute Gasteiger partial charge is 0.342 e. The van der Waals surface area contributed by atoms with Crippen molar-refractivity contribution in [2.45, 2.75) is 55.6 Å². The number of hydrogen-bond donors (Lipinski definition) is 0. The Hall–Kier alpha value is -1.74. The van der Waals surface area contributed by atoms with Gasteiger partial charge < -0.3 is 4.90 Å². The van der Waals surface area contributed by atoms with Crippen molar-refractivity contribution in [3.05, 3.63) is 65.7 Å². The van der Waals surface area contributed by atoms with E-state index < -0.39 is 0 Å². The Labute approximate surface area is 162 Å². The second-order valence-electron chi connectivity index (χ2n) is 7.43. The maximum Gasteiger partial charge on any atom is 0.227 e. The molecule has 1 aliphatic heterocycles. The maximum atomic E-state index is 12.9. The predicted molar refractivity (Wildman–Crippen MR) is 111 cm³/mol. The van der Waals surface area contributed by atoms with Crippen LogP contribution in [0.4, 0.5) is 0 Å². The fraction of sp³-hybridized carbons (Fsp3) is 0.435. The van der Waals surface area contributed by atoms with Gasteiger partial charge in [0.2, 0.25) is 5.91 Å². The third-order valence-electron chi connectivity index (χ3n) is 4.95. The molecule has 0 radical (unpaired) electrons. The van der Waals surface area contributed by atoms with Crippen molar-refractivity contribution in [1.29, 1.82) is 0 Å². The number of carbonyl (C=O) groups excluding carboxylic acids is 1. The maximum absolute atomic E-state index is 12.9. The zero-order chi connectivity index (χ0) is 18.4. The Morgan fingerprint density at radius 2 is 1.81 bits per heavy atom. The Balaban J connectivity index is 1.62. The summed E-state index contributed by atoms with van der Waals surface area (Å²) >= 11 is 1.86. The molecular weight excluding hydrogens is 338 g/mol. The van der Waals surface area contributed by atoms with Crippen LogP contribution in [0, 0.1) is 0 Å². The van der Waals surface area contributed by atoms with Gasteiger partial charge in [-0.05, 0) is 36.1 Å². The molecule has 1 heterocycles. The summed E-state index contributed by atoms with van der Waals surface area (Å²) in [6.07, 6.45) is 3.99. The van der Waals surface area contributed by atoms with Crippen molar-refractivity contribution >= 4 is 17.7 Å². The minimum Gasteiger partial charge on any atom is -0.342 e. The van der Waals surface area contributed by atoms with E-state index in [9.17, 15) is 4.79 Å². The SMILES string of the molecule is CC(C)Sc1ccc(CC(=O)N2CCCCC(c3ccccc3)C2)cc1. The molecule has 0 aromatic heterocycles. The van der Waals surface area contributed by atoms with Gasteiger partial charge in [-0.15, -0.1) is 11.8 Å². The average molecular weight is 368 g/mol. The van der Waals surface area contributed by atoms with Gasteiger partial charge in [0.25, 0.3) is 0 Å². The molecule has 1 atom stereocenters. The van der Waals surface area contributed by atoms with E-state index >= 15 is 0 Å². The molecule has 138 valence electrons. The summed E-state index contributed by atoms with van der Waals surface area (Å²) in [6, 6.07) is 19.2. The molecule has 1 unspecified atom stereocenters. The number of amides is 1. The topological polar surface area (TPSA) is 20.3 Å². The molecule has 1 fully saturated rings. The molecule has 1 amide bonds. The molecule has 26 heavy (non-hydrogen) atoms. The van der Waals surface area contributed by atoms with Crippen LogP contribution in [0.3, 0.4) is 0 Å². The van der Waals surface area contributed by atoms with Crippen LogP contribution in [0.2, 0.25) is 0 Å². The lowest BCUT2D eigenvalue weighted by Crippen LogP contribution is -2.35. The summed E-state index contributed by atoms with van der Waals surface area (Å²) in [4.78, 5) is 16.2. The highest BCUT2D eigenvalue weighted by atomic mass is 32.2. The molecule has 0 aliphatic carbocycles. The van der Waals surface area contributed by atoms with Crippen LogP contribution < -0.4 is 0 Å². The molecule has 0 bridgehead atoms. The first-order chi connectivity index (χ1) is 12.6. The van der Waals surface area contributed by atoms with E-state index in [2.05, 4.69) is 73.3 Å². The van der Waals surface area contributed by atoms with E-state index in [4.69, 9.17) is 0 Å². The zero-order valence-corrected chi connectivity index (χ0v) is 16.7. The van der Waals surface area contributed by atoms with E-state index in [0.29, 0.717) is 17.6 Å². The summed E-state index contributed by atoms with van der Waals surface area (Å²) in [6.45, 7) is 6.14. The molecular formula is C23H29NOS. The van der Waals surface area contributed by atoms with Crippen molar-refractivity contribution in [2.24, 2.45) is 0 Å². The molecule has 1 aliphatic rings. The highest BCUT2D eigenvalue weighted by Gasteiger charge is 2.23. The predicted octanol–water partition coefficient (Wildman–Crippen LogP) is 5.53. The third kappa shape index (κ3) is 5.38. The van der Waals surface area contributed by atoms with E-state index in [1.165, 1.54) is 23.3 Å². The molecule has 3 heteroatoms. The molecule has 3 rings (SSSR count). The van der Waals surface area contributed by atoms with E-state index in [1.54, 1.807) is 0 Å². The quantitative estimate of drug-likeness (QED) is 0.648. The fourth-order valence-corrected chi connectivity index (χ4v) is 4.45. The van der Waals surface area contributed by atoms with Crippen LogP contribution in [0.15, 0.2) is 59.5 Å². The minimum atomic E-state index is 0.261. The third-order valence-corrected chi connectivity index (χ3v) is 5.96. The lowest BCUT2D eigenvalue weighted by atomic mass is 9.94. The lowest BCUT2D eigenvalue weighted by Gasteiger charge is -2.25. The van der Waals surface area contributed by atoms with Crippen molar-refractivity contribution in [2.75, 3.05) is 13.1 Å². The number of rotatable bonds is 5. The summed E-state index contributed by atoms with van der Waals surface area (Å²) in [5, 5.41) is 0.578. The summed E-state index contributed by atoms with van der Waals surface area (Å²) < 4.78 is 0. The van der Waals surface area contributed by atoms with Crippen LogP contribution in [-0.2, 0) is 11.2 Å². The highest BCUT2D eigenvalue weighted by Crippen LogP contribution is 2.27. The smallest absolute Gasteiger partial charge is 0.227 e. The Morgan fingerprint density at radius 3 is 2.50 bits per heavy atom. The summed E-state index contributed by atoms with van der Waals surface area (Å²) in [5.41, 5.74) is 2.48. The molecule has 0 saturated carbocycles. The fourth-order valence-electron chi connectivity index (χ4n) is 3.61. The van der Waals surface area contributed by atoms with Gasteiger partial charge in [0.05, 0.1) is 6.42 Å². The van der Waals surface area contributed by atoms with Crippen LogP contribution in [0.25, 0.3) is 0 Å². The first kappa shape index (κ1) is 19.0. The van der Waals surface area contributed by atoms with Crippen molar-refractivity contribution < 1.29 is 4.79 Å². The summed E-state index contributed by atoms with van der Waals surface area (Å²) in [5.74, 6) is 0.726. The number of likely N-dealkylation sites (tertiary alicyclic amines) is 1. The van der Waals surface area contributed by atoms with Crippen molar-refractivity contribution in [3.63, 3.8) is 0 Å². The van der Waals surface area contributed by atoms with Gasteiger partial charge in [-0.25, -0.2) is 0 Å². The average Bonchev–Trinajstić information content (AvgIpc) is 2.90. The van der Waals surface area contributed by atoms with Gasteiger partial charge in [-0.1, -0.05) is 62.7 Å². The molecule has 0 N–H and O–H groups in total. The van der Waals surface area contributed by atoms with E-state index in [-0.39, 0.29) is 5.91 Å².